The van der Waals surface area contributed by atoms with Crippen molar-refractivity contribution < 1.29 is 23.0 Å². The Labute approximate surface area is 134 Å². The molecule has 0 unspecified atom stereocenters. The summed E-state index contributed by atoms with van der Waals surface area (Å²) in [5.74, 6) is -1.40. The smallest absolute Gasteiger partial charge is 0.256 e. The highest BCUT2D eigenvalue weighted by atomic mass is 19.1. The molecule has 1 aromatic carbocycles. The summed E-state index contributed by atoms with van der Waals surface area (Å²) in [7, 11) is 0. The molecule has 0 aromatic heterocycles. The average Bonchev–Trinajstić information content (AvgIpc) is 3.06. The van der Waals surface area contributed by atoms with E-state index in [-0.39, 0.29) is 17.6 Å². The molecule has 6 heteroatoms. The highest BCUT2D eigenvalue weighted by Crippen LogP contribution is 2.20. The summed E-state index contributed by atoms with van der Waals surface area (Å²) in [6.07, 6.45) is 2.66. The summed E-state index contributed by atoms with van der Waals surface area (Å²) in [5, 5.41) is 0. The molecule has 1 amide bonds. The zero-order chi connectivity index (χ0) is 16.2. The zero-order valence-corrected chi connectivity index (χ0v) is 13.0. The molecule has 3 rings (SSSR count). The lowest BCUT2D eigenvalue weighted by Crippen LogP contribution is -2.41. The Kier molecular flexibility index (Phi) is 5.23. The summed E-state index contributed by atoms with van der Waals surface area (Å²) in [4.78, 5) is 13.9. The van der Waals surface area contributed by atoms with Crippen LogP contribution in [-0.2, 0) is 9.47 Å². The van der Waals surface area contributed by atoms with Crippen LogP contribution in [0.25, 0.3) is 0 Å². The monoisotopic (exact) mass is 325 g/mol. The van der Waals surface area contributed by atoms with Crippen molar-refractivity contribution >= 4 is 5.91 Å². The van der Waals surface area contributed by atoms with Gasteiger partial charge >= 0.3 is 0 Å². The van der Waals surface area contributed by atoms with E-state index in [0.717, 1.165) is 44.6 Å². The fourth-order valence-corrected chi connectivity index (χ4v) is 3.05. The fourth-order valence-electron chi connectivity index (χ4n) is 3.05. The largest absolute Gasteiger partial charge is 0.381 e. The first-order chi connectivity index (χ1) is 11.1. The first kappa shape index (κ1) is 16.3. The van der Waals surface area contributed by atoms with Crippen molar-refractivity contribution in [1.29, 1.82) is 0 Å². The van der Waals surface area contributed by atoms with Gasteiger partial charge in [-0.25, -0.2) is 8.78 Å². The number of hydrogen-bond acceptors (Lipinski definition) is 3. The van der Waals surface area contributed by atoms with Crippen molar-refractivity contribution in [2.24, 2.45) is 5.92 Å². The maximum absolute atomic E-state index is 13.7. The minimum atomic E-state index is -0.811. The Morgan fingerprint density at radius 3 is 2.70 bits per heavy atom. The molecule has 2 aliphatic rings. The Hall–Kier alpha value is -1.53. The lowest BCUT2D eigenvalue weighted by molar-refractivity contribution is -0.00800. The van der Waals surface area contributed by atoms with Gasteiger partial charge < -0.3 is 14.4 Å². The fraction of sp³-hybridized carbons (Fsp3) is 0.588. The molecule has 0 bridgehead atoms. The number of piperidine rings is 1. The molecule has 2 fully saturated rings. The van der Waals surface area contributed by atoms with Gasteiger partial charge in [0.2, 0.25) is 0 Å². The predicted molar refractivity (Wildman–Crippen MR) is 80.2 cm³/mol. The second-order valence-corrected chi connectivity index (χ2v) is 6.18. The zero-order valence-electron chi connectivity index (χ0n) is 13.0. The number of amides is 1. The SMILES string of the molecule is O=C(c1ccc(F)cc1F)N1CCC(OC[C@@H]2CCOC2)CC1. The number of likely N-dealkylation sites (tertiary alicyclic amines) is 1. The molecule has 0 radical (unpaired) electrons. The van der Waals surface area contributed by atoms with Gasteiger partial charge in [0.1, 0.15) is 11.6 Å². The minimum Gasteiger partial charge on any atom is -0.381 e. The van der Waals surface area contributed by atoms with Gasteiger partial charge in [0, 0.05) is 31.7 Å². The number of carbonyl (C=O) groups excluding carboxylic acids is 1. The normalized spacial score (nSPS) is 22.5. The van der Waals surface area contributed by atoms with Crippen molar-refractivity contribution in [3.05, 3.63) is 35.4 Å². The third kappa shape index (κ3) is 4.06. The highest BCUT2D eigenvalue weighted by Gasteiger charge is 2.26. The van der Waals surface area contributed by atoms with Gasteiger partial charge in [-0.3, -0.25) is 4.79 Å². The third-order valence-electron chi connectivity index (χ3n) is 4.48. The molecule has 0 N–H and O–H groups in total. The van der Waals surface area contributed by atoms with Gasteiger partial charge in [-0.05, 0) is 31.4 Å². The molecular weight excluding hydrogens is 304 g/mol. The summed E-state index contributed by atoms with van der Waals surface area (Å²) in [6, 6.07) is 3.05. The number of carbonyl (C=O) groups is 1. The van der Waals surface area contributed by atoms with Crippen molar-refractivity contribution in [3.63, 3.8) is 0 Å². The second-order valence-electron chi connectivity index (χ2n) is 6.18. The number of rotatable bonds is 4. The van der Waals surface area contributed by atoms with Crippen LogP contribution in [0.15, 0.2) is 18.2 Å². The molecule has 1 aromatic rings. The first-order valence-electron chi connectivity index (χ1n) is 8.07. The molecule has 4 nitrogen and oxygen atoms in total. The molecule has 1 atom stereocenters. The van der Waals surface area contributed by atoms with E-state index in [1.165, 1.54) is 6.07 Å². The Morgan fingerprint density at radius 2 is 2.04 bits per heavy atom. The molecule has 2 heterocycles. The van der Waals surface area contributed by atoms with Gasteiger partial charge in [-0.2, -0.15) is 0 Å². The minimum absolute atomic E-state index is 0.0751. The maximum Gasteiger partial charge on any atom is 0.256 e. The van der Waals surface area contributed by atoms with E-state index >= 15 is 0 Å². The standard InChI is InChI=1S/C17H21F2NO3/c18-13-1-2-15(16(19)9-13)17(21)20-6-3-14(4-7-20)23-11-12-5-8-22-10-12/h1-2,9,12,14H,3-8,10-11H2/t12-/m1/s1. The van der Waals surface area contributed by atoms with Gasteiger partial charge in [0.05, 0.1) is 24.9 Å². The van der Waals surface area contributed by atoms with Crippen LogP contribution in [0.4, 0.5) is 8.78 Å². The van der Waals surface area contributed by atoms with Gasteiger partial charge in [-0.1, -0.05) is 0 Å². The highest BCUT2D eigenvalue weighted by molar-refractivity contribution is 5.94. The number of ether oxygens (including phenoxy) is 2. The number of benzene rings is 1. The number of halogens is 2. The second kappa shape index (κ2) is 7.36. The van der Waals surface area contributed by atoms with Gasteiger partial charge in [0.25, 0.3) is 5.91 Å². The predicted octanol–water partition coefficient (Wildman–Crippen LogP) is 2.62. The van der Waals surface area contributed by atoms with E-state index in [1.54, 1.807) is 4.90 Å². The molecule has 126 valence electrons. The van der Waals surface area contributed by atoms with Crippen LogP contribution in [0.2, 0.25) is 0 Å². The lowest BCUT2D eigenvalue weighted by Gasteiger charge is -2.32. The average molecular weight is 325 g/mol. The Balaban J connectivity index is 1.49. The van der Waals surface area contributed by atoms with E-state index in [1.807, 2.05) is 0 Å². The van der Waals surface area contributed by atoms with Crippen molar-refractivity contribution in [1.82, 2.24) is 4.90 Å². The van der Waals surface area contributed by atoms with E-state index < -0.39 is 11.6 Å². The van der Waals surface area contributed by atoms with Crippen LogP contribution in [0.5, 0.6) is 0 Å². The van der Waals surface area contributed by atoms with Gasteiger partial charge in [-0.15, -0.1) is 0 Å². The molecular formula is C17H21F2NO3. The summed E-state index contributed by atoms with van der Waals surface area (Å²) < 4.78 is 37.8. The third-order valence-corrected chi connectivity index (χ3v) is 4.48. The van der Waals surface area contributed by atoms with Gasteiger partial charge in [0.15, 0.2) is 0 Å². The number of nitrogens with zero attached hydrogens (tertiary/aromatic N) is 1. The molecule has 23 heavy (non-hydrogen) atoms. The molecule has 2 saturated heterocycles. The Morgan fingerprint density at radius 1 is 1.26 bits per heavy atom. The molecule has 0 spiro atoms. The van der Waals surface area contributed by atoms with Crippen molar-refractivity contribution in [2.75, 3.05) is 32.9 Å². The lowest BCUT2D eigenvalue weighted by atomic mass is 10.1. The molecule has 0 aliphatic carbocycles. The van der Waals surface area contributed by atoms with Crippen LogP contribution < -0.4 is 0 Å². The number of hydrogen-bond donors (Lipinski definition) is 0. The van der Waals surface area contributed by atoms with Crippen LogP contribution in [0, 0.1) is 17.6 Å². The van der Waals surface area contributed by atoms with E-state index in [0.29, 0.717) is 25.6 Å². The van der Waals surface area contributed by atoms with E-state index in [9.17, 15) is 13.6 Å². The molecule has 2 aliphatic heterocycles. The summed E-state index contributed by atoms with van der Waals surface area (Å²) in [5.41, 5.74) is -0.0751. The van der Waals surface area contributed by atoms with Crippen LogP contribution in [0.3, 0.4) is 0 Å². The van der Waals surface area contributed by atoms with Crippen LogP contribution in [0.1, 0.15) is 29.6 Å². The Bertz CT molecular complexity index is 553. The topological polar surface area (TPSA) is 38.8 Å². The maximum atomic E-state index is 13.7. The van der Waals surface area contributed by atoms with E-state index in [2.05, 4.69) is 0 Å². The quantitative estimate of drug-likeness (QED) is 0.854. The van der Waals surface area contributed by atoms with Crippen molar-refractivity contribution in [3.8, 4) is 0 Å². The van der Waals surface area contributed by atoms with E-state index in [4.69, 9.17) is 9.47 Å². The van der Waals surface area contributed by atoms with Crippen molar-refractivity contribution in [2.45, 2.75) is 25.4 Å². The van der Waals surface area contributed by atoms with Crippen LogP contribution in [-0.4, -0.2) is 49.8 Å². The van der Waals surface area contributed by atoms with Crippen LogP contribution >= 0.6 is 0 Å². The summed E-state index contributed by atoms with van der Waals surface area (Å²) in [6.45, 7) is 3.33. The summed E-state index contributed by atoms with van der Waals surface area (Å²) >= 11 is 0. The molecule has 0 saturated carbocycles. The first-order valence-corrected chi connectivity index (χ1v) is 8.07.